The molecule has 1 aliphatic carbocycles. The minimum atomic E-state index is -1.09. The van der Waals surface area contributed by atoms with Crippen LogP contribution in [0, 0.1) is 0 Å². The fourth-order valence-corrected chi connectivity index (χ4v) is 5.63. The molecule has 0 saturated carbocycles. The van der Waals surface area contributed by atoms with E-state index in [4.69, 9.17) is 32.7 Å². The van der Waals surface area contributed by atoms with Gasteiger partial charge in [0, 0.05) is 55.6 Å². The second-order valence-corrected chi connectivity index (χ2v) is 8.73. The van der Waals surface area contributed by atoms with Crippen molar-refractivity contribution in [3.05, 3.63) is 74.7 Å². The summed E-state index contributed by atoms with van der Waals surface area (Å²) >= 11 is 13.3. The Labute approximate surface area is 197 Å². The molecule has 0 unspecified atom stereocenters. The molecule has 2 N–H and O–H groups in total. The van der Waals surface area contributed by atoms with Crippen LogP contribution < -0.4 is 0 Å². The van der Waals surface area contributed by atoms with Crippen LogP contribution in [0.15, 0.2) is 41.5 Å². The smallest absolute Gasteiger partial charge is 0.355 e. The molecule has 6 rings (SSSR count). The number of aliphatic imine (C=N–C) groups is 1. The molecule has 2 aromatic carbocycles. The highest BCUT2D eigenvalue weighted by molar-refractivity contribution is 6.34. The topological polar surface area (TPSA) is 96.5 Å². The average molecular weight is 480 g/mol. The highest BCUT2D eigenvalue weighted by atomic mass is 35.5. The summed E-state index contributed by atoms with van der Waals surface area (Å²) in [5.74, 6) is -1.25. The van der Waals surface area contributed by atoms with Gasteiger partial charge in [0.15, 0.2) is 0 Å². The zero-order chi connectivity index (χ0) is 23.1. The lowest BCUT2D eigenvalue weighted by molar-refractivity contribution is 0.0590. The van der Waals surface area contributed by atoms with E-state index in [2.05, 4.69) is 15.0 Å². The Morgan fingerprint density at radius 1 is 1.00 bits per heavy atom. The van der Waals surface area contributed by atoms with Crippen LogP contribution in [-0.4, -0.2) is 42.3 Å². The summed E-state index contributed by atoms with van der Waals surface area (Å²) in [6.45, 7) is 0. The van der Waals surface area contributed by atoms with Crippen molar-refractivity contribution in [3.63, 3.8) is 0 Å². The first-order valence-electron chi connectivity index (χ1n) is 10.0. The molecule has 0 radical (unpaired) electrons. The van der Waals surface area contributed by atoms with Crippen LogP contribution in [0.3, 0.4) is 0 Å². The van der Waals surface area contributed by atoms with Crippen molar-refractivity contribution in [1.82, 2.24) is 9.97 Å². The first kappa shape index (κ1) is 20.1. The lowest BCUT2D eigenvalue weighted by Crippen LogP contribution is -2.33. The third-order valence-electron chi connectivity index (χ3n) is 6.41. The molecule has 7 nitrogen and oxygen atoms in total. The summed E-state index contributed by atoms with van der Waals surface area (Å²) < 4.78 is 10.1. The van der Waals surface area contributed by atoms with Gasteiger partial charge in [-0.2, -0.15) is 0 Å². The lowest BCUT2D eigenvalue weighted by Gasteiger charge is -2.35. The molecule has 1 spiro atoms. The van der Waals surface area contributed by atoms with E-state index in [1.807, 2.05) is 18.2 Å². The van der Waals surface area contributed by atoms with E-state index in [1.54, 1.807) is 24.5 Å². The molecule has 4 aromatic rings. The summed E-state index contributed by atoms with van der Waals surface area (Å²) in [7, 11) is 2.57. The number of carbonyl (C=O) groups is 2. The molecule has 0 amide bonds. The molecule has 1 atom stereocenters. The summed E-state index contributed by atoms with van der Waals surface area (Å²) in [6.07, 6.45) is 3.55. The predicted molar refractivity (Wildman–Crippen MR) is 125 cm³/mol. The predicted octanol–water partition coefficient (Wildman–Crippen LogP) is 5.41. The minimum absolute atomic E-state index is 0.118. The van der Waals surface area contributed by atoms with Gasteiger partial charge >= 0.3 is 11.9 Å². The van der Waals surface area contributed by atoms with Gasteiger partial charge in [-0.25, -0.2) is 9.59 Å². The van der Waals surface area contributed by atoms with Crippen molar-refractivity contribution in [1.29, 1.82) is 0 Å². The van der Waals surface area contributed by atoms with E-state index >= 15 is 0 Å². The summed E-state index contributed by atoms with van der Waals surface area (Å²) in [5, 5.41) is 1.83. The number of esters is 2. The number of H-pyrrole nitrogens is 2. The van der Waals surface area contributed by atoms with E-state index in [9.17, 15) is 9.59 Å². The summed E-state index contributed by atoms with van der Waals surface area (Å²) in [4.78, 5) is 36.7. The van der Waals surface area contributed by atoms with E-state index in [0.717, 1.165) is 27.6 Å². The number of nitrogens with one attached hydrogen (secondary N) is 2. The van der Waals surface area contributed by atoms with E-state index in [1.165, 1.54) is 14.2 Å². The standard InChI is InChI=1S/C24H15Cl2N3O4/c1-32-22(30)20-17-11-8-27-15-6-4-13(26)18(16(11)15)24(19(17)21(29-20)23(31)33-2)9-28-14-5-3-10(25)7-12(14)24/h3-9,27,29H,1-2H3/t24-/m1/s1. The van der Waals surface area contributed by atoms with Crippen molar-refractivity contribution in [3.8, 4) is 11.1 Å². The Morgan fingerprint density at radius 3 is 2.52 bits per heavy atom. The van der Waals surface area contributed by atoms with Crippen molar-refractivity contribution < 1.29 is 19.1 Å². The molecule has 9 heteroatoms. The second-order valence-electron chi connectivity index (χ2n) is 7.88. The largest absolute Gasteiger partial charge is 0.464 e. The number of halogens is 2. The monoisotopic (exact) mass is 479 g/mol. The Morgan fingerprint density at radius 2 is 1.76 bits per heavy atom. The first-order chi connectivity index (χ1) is 15.9. The molecule has 0 bridgehead atoms. The number of benzene rings is 2. The molecular formula is C24H15Cl2N3O4. The van der Waals surface area contributed by atoms with Crippen molar-refractivity contribution in [2.75, 3.05) is 14.2 Å². The fraction of sp³-hybridized carbons (Fsp3) is 0.125. The van der Waals surface area contributed by atoms with Crippen LogP contribution in [0.25, 0.3) is 22.0 Å². The Bertz CT molecular complexity index is 1570. The number of hydrogen-bond acceptors (Lipinski definition) is 5. The number of aromatic nitrogens is 2. The molecule has 33 heavy (non-hydrogen) atoms. The fourth-order valence-electron chi connectivity index (χ4n) is 5.15. The number of rotatable bonds is 2. The van der Waals surface area contributed by atoms with E-state index < -0.39 is 17.4 Å². The second kappa shape index (κ2) is 6.73. The van der Waals surface area contributed by atoms with Crippen molar-refractivity contribution in [2.45, 2.75) is 5.41 Å². The van der Waals surface area contributed by atoms with Gasteiger partial charge in [0.05, 0.1) is 25.3 Å². The van der Waals surface area contributed by atoms with Crippen molar-refractivity contribution in [2.24, 2.45) is 4.99 Å². The van der Waals surface area contributed by atoms with Gasteiger partial charge in [-0.1, -0.05) is 23.2 Å². The quantitative estimate of drug-likeness (QED) is 0.375. The summed E-state index contributed by atoms with van der Waals surface area (Å²) in [6, 6.07) is 9.05. The third kappa shape index (κ3) is 2.38. The minimum Gasteiger partial charge on any atom is -0.464 e. The first-order valence-corrected chi connectivity index (χ1v) is 10.8. The van der Waals surface area contributed by atoms with Gasteiger partial charge < -0.3 is 19.4 Å². The maximum absolute atomic E-state index is 13.0. The van der Waals surface area contributed by atoms with Crippen LogP contribution >= 0.6 is 23.2 Å². The average Bonchev–Trinajstić information content (AvgIpc) is 3.52. The lowest BCUT2D eigenvalue weighted by atomic mass is 9.64. The molecular weight excluding hydrogens is 465 g/mol. The Kier molecular flexibility index (Phi) is 4.09. The van der Waals surface area contributed by atoms with Gasteiger partial charge in [-0.15, -0.1) is 0 Å². The van der Waals surface area contributed by atoms with Crippen LogP contribution in [0.2, 0.25) is 10.0 Å². The molecule has 2 aromatic heterocycles. The number of hydrogen-bond donors (Lipinski definition) is 2. The highest BCUT2D eigenvalue weighted by Gasteiger charge is 2.51. The number of aromatic amines is 2. The van der Waals surface area contributed by atoms with Gasteiger partial charge in [-0.3, -0.25) is 4.99 Å². The number of fused-ring (bicyclic) bond motifs is 6. The van der Waals surface area contributed by atoms with Crippen LogP contribution in [0.4, 0.5) is 5.69 Å². The van der Waals surface area contributed by atoms with Gasteiger partial charge in [0.1, 0.15) is 11.4 Å². The van der Waals surface area contributed by atoms with Gasteiger partial charge in [0.2, 0.25) is 0 Å². The normalized spacial score (nSPS) is 17.3. The molecule has 3 heterocycles. The van der Waals surface area contributed by atoms with Crippen molar-refractivity contribution >= 4 is 57.9 Å². The number of nitrogens with zero attached hydrogens (tertiary/aromatic N) is 1. The summed E-state index contributed by atoms with van der Waals surface area (Å²) in [5.41, 5.74) is 3.95. The van der Waals surface area contributed by atoms with Crippen LogP contribution in [-0.2, 0) is 14.9 Å². The number of ether oxygens (including phenoxy) is 2. The third-order valence-corrected chi connectivity index (χ3v) is 6.96. The maximum atomic E-state index is 13.0. The van der Waals surface area contributed by atoms with E-state index in [0.29, 0.717) is 26.9 Å². The van der Waals surface area contributed by atoms with Crippen LogP contribution in [0.5, 0.6) is 0 Å². The maximum Gasteiger partial charge on any atom is 0.355 e. The molecule has 1 aliphatic heterocycles. The van der Waals surface area contributed by atoms with Gasteiger partial charge in [-0.05, 0) is 35.9 Å². The molecule has 164 valence electrons. The Balaban J connectivity index is 1.89. The van der Waals surface area contributed by atoms with Gasteiger partial charge in [0.25, 0.3) is 0 Å². The SMILES string of the molecule is COC(=O)c1[nH]c(C(=O)OC)c2c1-c1c[nH]c3ccc(Cl)c(c13)[C@]21C=Nc2ccc(Cl)cc21. The highest BCUT2D eigenvalue weighted by Crippen LogP contribution is 2.59. The van der Waals surface area contributed by atoms with Crippen LogP contribution in [0.1, 0.15) is 37.7 Å². The molecule has 0 fully saturated rings. The molecule has 0 saturated heterocycles. The zero-order valence-electron chi connectivity index (χ0n) is 17.4. The Hall–Kier alpha value is -3.55. The zero-order valence-corrected chi connectivity index (χ0v) is 18.9. The number of carbonyl (C=O) groups excluding carboxylic acids is 2. The molecule has 2 aliphatic rings. The number of methoxy groups -OCH3 is 2. The van der Waals surface area contributed by atoms with E-state index in [-0.39, 0.29) is 11.4 Å².